The SMILES string of the molecule is C=C.C=C(C)/C=C\C.Cc1ccc(O)cc1. The molecule has 0 aromatic heterocycles. The van der Waals surface area contributed by atoms with Gasteiger partial charge in [0, 0.05) is 0 Å². The number of hydrogen-bond acceptors (Lipinski definition) is 1. The molecule has 0 atom stereocenters. The quantitative estimate of drug-likeness (QED) is 0.537. The average Bonchev–Trinajstić information content (AvgIpc) is 2.26. The molecule has 0 spiro atoms. The maximum Gasteiger partial charge on any atom is 0.115 e. The van der Waals surface area contributed by atoms with Crippen molar-refractivity contribution in [3.8, 4) is 5.75 Å². The van der Waals surface area contributed by atoms with Gasteiger partial charge in [0.1, 0.15) is 5.75 Å². The monoisotopic (exact) mass is 218 g/mol. The first kappa shape index (κ1) is 16.7. The molecule has 1 aromatic carbocycles. The predicted octanol–water partition coefficient (Wildman–Crippen LogP) is 4.64. The van der Waals surface area contributed by atoms with Crippen LogP contribution in [0.25, 0.3) is 0 Å². The van der Waals surface area contributed by atoms with Gasteiger partial charge in [0.15, 0.2) is 0 Å². The minimum atomic E-state index is 0.329. The van der Waals surface area contributed by atoms with Gasteiger partial charge in [0.2, 0.25) is 0 Å². The Morgan fingerprint density at radius 3 is 1.81 bits per heavy atom. The van der Waals surface area contributed by atoms with Gasteiger partial charge < -0.3 is 5.11 Å². The van der Waals surface area contributed by atoms with E-state index < -0.39 is 0 Å². The number of benzene rings is 1. The maximum absolute atomic E-state index is 8.76. The number of rotatable bonds is 1. The summed E-state index contributed by atoms with van der Waals surface area (Å²) in [7, 11) is 0. The first-order chi connectivity index (χ1) is 7.56. The second kappa shape index (κ2) is 11.3. The Labute approximate surface area is 99.5 Å². The highest BCUT2D eigenvalue weighted by Crippen LogP contribution is 2.07. The van der Waals surface area contributed by atoms with E-state index >= 15 is 0 Å². The van der Waals surface area contributed by atoms with E-state index in [2.05, 4.69) is 19.7 Å². The van der Waals surface area contributed by atoms with E-state index in [0.717, 1.165) is 5.57 Å². The summed E-state index contributed by atoms with van der Waals surface area (Å²) in [6.07, 6.45) is 3.95. The number of phenolic OH excluding ortho intramolecular Hbond substituents is 1. The summed E-state index contributed by atoms with van der Waals surface area (Å²) >= 11 is 0. The van der Waals surface area contributed by atoms with Gasteiger partial charge in [-0.05, 0) is 32.9 Å². The Bertz CT molecular complexity index is 286. The molecule has 0 saturated heterocycles. The smallest absolute Gasteiger partial charge is 0.115 e. The van der Waals surface area contributed by atoms with Crippen molar-refractivity contribution < 1.29 is 5.11 Å². The van der Waals surface area contributed by atoms with Crippen LogP contribution >= 0.6 is 0 Å². The van der Waals surface area contributed by atoms with Gasteiger partial charge in [-0.2, -0.15) is 0 Å². The zero-order chi connectivity index (χ0) is 13.0. The minimum absolute atomic E-state index is 0.329. The van der Waals surface area contributed by atoms with Crippen LogP contribution in [0.5, 0.6) is 5.75 Å². The summed E-state index contributed by atoms with van der Waals surface area (Å²) in [6, 6.07) is 7.09. The lowest BCUT2D eigenvalue weighted by atomic mass is 10.2. The molecule has 1 rings (SSSR count). The van der Waals surface area contributed by atoms with Crippen molar-refractivity contribution in [1.29, 1.82) is 0 Å². The molecule has 0 amide bonds. The van der Waals surface area contributed by atoms with E-state index in [1.807, 2.05) is 45.1 Å². The molecule has 1 heteroatoms. The summed E-state index contributed by atoms with van der Waals surface area (Å²) in [5.74, 6) is 0.329. The maximum atomic E-state index is 8.76. The van der Waals surface area contributed by atoms with Gasteiger partial charge in [-0.25, -0.2) is 0 Å². The second-order valence-corrected chi connectivity index (χ2v) is 3.18. The average molecular weight is 218 g/mol. The van der Waals surface area contributed by atoms with Gasteiger partial charge in [-0.1, -0.05) is 42.0 Å². The normalized spacial score (nSPS) is 8.44. The van der Waals surface area contributed by atoms with Crippen molar-refractivity contribution in [1.82, 2.24) is 0 Å². The zero-order valence-corrected chi connectivity index (χ0v) is 10.5. The van der Waals surface area contributed by atoms with Gasteiger partial charge in [-0.15, -0.1) is 13.2 Å². The van der Waals surface area contributed by atoms with Crippen molar-refractivity contribution in [2.75, 3.05) is 0 Å². The van der Waals surface area contributed by atoms with Crippen molar-refractivity contribution in [2.24, 2.45) is 0 Å². The topological polar surface area (TPSA) is 20.2 Å². The Balaban J connectivity index is 0. The lowest BCUT2D eigenvalue weighted by Crippen LogP contribution is -1.66. The third-order valence-electron chi connectivity index (χ3n) is 1.49. The summed E-state index contributed by atoms with van der Waals surface area (Å²) in [6.45, 7) is 15.6. The van der Waals surface area contributed by atoms with Crippen LogP contribution in [-0.2, 0) is 0 Å². The van der Waals surface area contributed by atoms with E-state index in [-0.39, 0.29) is 0 Å². The molecule has 16 heavy (non-hydrogen) atoms. The molecule has 0 aliphatic rings. The van der Waals surface area contributed by atoms with Crippen molar-refractivity contribution in [2.45, 2.75) is 20.8 Å². The van der Waals surface area contributed by atoms with Crippen LogP contribution < -0.4 is 0 Å². The van der Waals surface area contributed by atoms with Crippen LogP contribution in [-0.4, -0.2) is 5.11 Å². The number of aromatic hydroxyl groups is 1. The summed E-state index contributed by atoms with van der Waals surface area (Å²) in [4.78, 5) is 0. The van der Waals surface area contributed by atoms with E-state index in [1.54, 1.807) is 12.1 Å². The van der Waals surface area contributed by atoms with Crippen molar-refractivity contribution in [3.63, 3.8) is 0 Å². The first-order valence-electron chi connectivity index (χ1n) is 5.10. The molecule has 0 fully saturated rings. The number of allylic oxidation sites excluding steroid dienone is 3. The molecule has 0 heterocycles. The van der Waals surface area contributed by atoms with Gasteiger partial charge in [-0.3, -0.25) is 0 Å². The molecule has 1 aromatic rings. The van der Waals surface area contributed by atoms with Crippen LogP contribution in [0.2, 0.25) is 0 Å². The molecule has 0 unspecified atom stereocenters. The Kier molecular flexibility index (Phi) is 11.8. The van der Waals surface area contributed by atoms with Crippen molar-refractivity contribution >= 4 is 0 Å². The largest absolute Gasteiger partial charge is 0.508 e. The third-order valence-corrected chi connectivity index (χ3v) is 1.49. The van der Waals surface area contributed by atoms with Crippen LogP contribution in [0.4, 0.5) is 0 Å². The molecule has 1 N–H and O–H groups in total. The molecule has 0 radical (unpaired) electrons. The molecule has 0 aliphatic carbocycles. The molecule has 0 bridgehead atoms. The Morgan fingerprint density at radius 1 is 1.19 bits per heavy atom. The van der Waals surface area contributed by atoms with Crippen molar-refractivity contribution in [3.05, 3.63) is 67.3 Å². The lowest BCUT2D eigenvalue weighted by molar-refractivity contribution is 0.475. The first-order valence-corrected chi connectivity index (χ1v) is 5.10. The fourth-order valence-electron chi connectivity index (χ4n) is 0.829. The minimum Gasteiger partial charge on any atom is -0.508 e. The summed E-state index contributed by atoms with van der Waals surface area (Å²) in [5.41, 5.74) is 2.28. The highest BCUT2D eigenvalue weighted by Gasteiger charge is 1.82. The Hall–Kier alpha value is -1.76. The molecule has 1 nitrogen and oxygen atoms in total. The number of hydrogen-bond donors (Lipinski definition) is 1. The van der Waals surface area contributed by atoms with E-state index in [1.165, 1.54) is 5.56 Å². The standard InChI is InChI=1S/C7H8O.C6H10.C2H4/c1-6-2-4-7(8)5-3-6;1-4-5-6(2)3;1-2/h2-5,8H,1H3;4-5H,2H2,1,3H3;1-2H2/b;5-4-;. The van der Waals surface area contributed by atoms with Crippen LogP contribution in [0, 0.1) is 6.92 Å². The predicted molar refractivity (Wildman–Crippen MR) is 73.7 cm³/mol. The lowest BCUT2D eigenvalue weighted by Gasteiger charge is -1.89. The second-order valence-electron chi connectivity index (χ2n) is 3.18. The summed E-state index contributed by atoms with van der Waals surface area (Å²) in [5, 5.41) is 8.76. The van der Waals surface area contributed by atoms with Crippen LogP contribution in [0.1, 0.15) is 19.4 Å². The molecule has 88 valence electrons. The van der Waals surface area contributed by atoms with Gasteiger partial charge in [0.25, 0.3) is 0 Å². The third kappa shape index (κ3) is 12.2. The highest BCUT2D eigenvalue weighted by atomic mass is 16.3. The molecule has 0 saturated carbocycles. The fraction of sp³-hybridized carbons (Fsp3) is 0.200. The molecule has 0 aliphatic heterocycles. The summed E-state index contributed by atoms with van der Waals surface area (Å²) < 4.78 is 0. The number of phenols is 1. The van der Waals surface area contributed by atoms with Gasteiger partial charge >= 0.3 is 0 Å². The van der Waals surface area contributed by atoms with Crippen LogP contribution in [0.3, 0.4) is 0 Å². The zero-order valence-electron chi connectivity index (χ0n) is 10.5. The molecular weight excluding hydrogens is 196 g/mol. The van der Waals surface area contributed by atoms with E-state index in [9.17, 15) is 0 Å². The number of aryl methyl sites for hydroxylation is 1. The van der Waals surface area contributed by atoms with Gasteiger partial charge in [0.05, 0.1) is 0 Å². The fourth-order valence-corrected chi connectivity index (χ4v) is 0.829. The van der Waals surface area contributed by atoms with Crippen LogP contribution in [0.15, 0.2) is 61.7 Å². The highest BCUT2D eigenvalue weighted by molar-refractivity contribution is 5.24. The van der Waals surface area contributed by atoms with E-state index in [0.29, 0.717) is 5.75 Å². The Morgan fingerprint density at radius 2 is 1.62 bits per heavy atom. The molecular formula is C15H22O. The van der Waals surface area contributed by atoms with E-state index in [4.69, 9.17) is 5.11 Å².